The molecule has 0 spiro atoms. The van der Waals surface area contributed by atoms with Crippen LogP contribution in [0.15, 0.2) is 60.7 Å². The lowest BCUT2D eigenvalue weighted by Gasteiger charge is -2.21. The molecule has 0 aliphatic heterocycles. The van der Waals surface area contributed by atoms with Crippen molar-refractivity contribution in [2.45, 2.75) is 18.4 Å². The Labute approximate surface area is 152 Å². The molecule has 6 nitrogen and oxygen atoms in total. The summed E-state index contributed by atoms with van der Waals surface area (Å²) in [5.74, 6) is -2.34. The Kier molecular flexibility index (Phi) is 6.91. The molecule has 0 fully saturated rings. The first-order valence-electron chi connectivity index (χ1n) is 8.11. The second kappa shape index (κ2) is 9.36. The molecule has 2 rings (SSSR count). The molecule has 6 heteroatoms. The third-order valence-corrected chi connectivity index (χ3v) is 3.93. The smallest absolute Gasteiger partial charge is 0.328 e. The lowest BCUT2D eigenvalue weighted by molar-refractivity contribution is -0.150. The molecule has 26 heavy (non-hydrogen) atoms. The molecule has 136 valence electrons. The van der Waals surface area contributed by atoms with Crippen LogP contribution < -0.4 is 5.32 Å². The first-order chi connectivity index (χ1) is 12.6. The number of carbonyl (C=O) groups is 3. The maximum atomic E-state index is 13.0. The molecule has 1 atom stereocenters. The summed E-state index contributed by atoms with van der Waals surface area (Å²) in [6.07, 6.45) is -0.300. The summed E-state index contributed by atoms with van der Waals surface area (Å²) < 4.78 is 9.28. The van der Waals surface area contributed by atoms with E-state index in [0.717, 1.165) is 11.1 Å². The van der Waals surface area contributed by atoms with Gasteiger partial charge < -0.3 is 14.8 Å². The van der Waals surface area contributed by atoms with Gasteiger partial charge in [-0.3, -0.25) is 9.59 Å². The van der Waals surface area contributed by atoms with Crippen LogP contribution in [0.5, 0.6) is 0 Å². The summed E-state index contributed by atoms with van der Waals surface area (Å²) in [5.41, 5.74) is 1.55. The lowest BCUT2D eigenvalue weighted by Crippen LogP contribution is -2.45. The average Bonchev–Trinajstić information content (AvgIpc) is 2.68. The van der Waals surface area contributed by atoms with E-state index in [0.29, 0.717) is 0 Å². The molecule has 0 aliphatic rings. The van der Waals surface area contributed by atoms with E-state index in [1.165, 1.54) is 14.2 Å². The van der Waals surface area contributed by atoms with Crippen LogP contribution in [-0.2, 0) is 23.9 Å². The van der Waals surface area contributed by atoms with Crippen LogP contribution in [0.3, 0.4) is 0 Å². The van der Waals surface area contributed by atoms with Crippen LogP contribution in [0, 0.1) is 0 Å². The highest BCUT2D eigenvalue weighted by Gasteiger charge is 2.30. The number of rotatable bonds is 7. The fourth-order valence-electron chi connectivity index (χ4n) is 2.63. The first-order valence-corrected chi connectivity index (χ1v) is 8.11. The van der Waals surface area contributed by atoms with E-state index in [9.17, 15) is 14.4 Å². The quantitative estimate of drug-likeness (QED) is 0.769. The van der Waals surface area contributed by atoms with Crippen molar-refractivity contribution in [1.82, 2.24) is 5.32 Å². The van der Waals surface area contributed by atoms with Crippen LogP contribution in [0.1, 0.15) is 23.5 Å². The molecule has 0 aliphatic carbocycles. The summed E-state index contributed by atoms with van der Waals surface area (Å²) in [7, 11) is 2.42. The predicted octanol–water partition coefficient (Wildman–Crippen LogP) is 2.04. The SMILES string of the molecule is COC(=O)C[C@@H](NC(=O)C(c1ccccc1)c1ccccc1)C(=O)OC. The van der Waals surface area contributed by atoms with Crippen molar-refractivity contribution in [2.75, 3.05) is 14.2 Å². The second-order valence-corrected chi connectivity index (χ2v) is 5.62. The van der Waals surface area contributed by atoms with Crippen molar-refractivity contribution in [1.29, 1.82) is 0 Å². The van der Waals surface area contributed by atoms with Crippen LogP contribution >= 0.6 is 0 Å². The molecule has 0 radical (unpaired) electrons. The number of methoxy groups -OCH3 is 2. The van der Waals surface area contributed by atoms with E-state index in [2.05, 4.69) is 14.8 Å². The number of esters is 2. The van der Waals surface area contributed by atoms with Crippen molar-refractivity contribution in [3.8, 4) is 0 Å². The highest BCUT2D eigenvalue weighted by Crippen LogP contribution is 2.25. The predicted molar refractivity (Wildman–Crippen MR) is 95.3 cm³/mol. The number of amides is 1. The maximum Gasteiger partial charge on any atom is 0.328 e. The van der Waals surface area contributed by atoms with E-state index >= 15 is 0 Å². The monoisotopic (exact) mass is 355 g/mol. The van der Waals surface area contributed by atoms with Crippen molar-refractivity contribution in [2.24, 2.45) is 0 Å². The summed E-state index contributed by atoms with van der Waals surface area (Å²) in [6, 6.07) is 17.3. The zero-order valence-corrected chi connectivity index (χ0v) is 14.7. The number of ether oxygens (including phenoxy) is 2. The standard InChI is InChI=1S/C20H21NO5/c1-25-17(22)13-16(20(24)26-2)21-19(23)18(14-9-5-3-6-10-14)15-11-7-4-8-12-15/h3-12,16,18H,13H2,1-2H3,(H,21,23)/t16-/m1/s1. The highest BCUT2D eigenvalue weighted by molar-refractivity contribution is 5.92. The largest absolute Gasteiger partial charge is 0.469 e. The number of hydrogen-bond acceptors (Lipinski definition) is 5. The molecule has 2 aromatic carbocycles. The van der Waals surface area contributed by atoms with Gasteiger partial charge in [-0.05, 0) is 11.1 Å². The Hall–Kier alpha value is -3.15. The highest BCUT2D eigenvalue weighted by atomic mass is 16.5. The van der Waals surface area contributed by atoms with Gasteiger partial charge in [-0.25, -0.2) is 4.79 Å². The number of nitrogens with one attached hydrogen (secondary N) is 1. The lowest BCUT2D eigenvalue weighted by atomic mass is 9.90. The molecule has 1 amide bonds. The Morgan fingerprint density at radius 2 is 1.35 bits per heavy atom. The zero-order chi connectivity index (χ0) is 18.9. The van der Waals surface area contributed by atoms with Crippen molar-refractivity contribution in [3.05, 3.63) is 71.8 Å². The van der Waals surface area contributed by atoms with Crippen molar-refractivity contribution >= 4 is 17.8 Å². The van der Waals surface area contributed by atoms with Gasteiger partial charge in [0.05, 0.1) is 26.6 Å². The van der Waals surface area contributed by atoms with Crippen LogP contribution in [0.2, 0.25) is 0 Å². The third-order valence-electron chi connectivity index (χ3n) is 3.93. The summed E-state index contributed by atoms with van der Waals surface area (Å²) in [5, 5.41) is 2.62. The van der Waals surface area contributed by atoms with Gasteiger partial charge in [-0.2, -0.15) is 0 Å². The third kappa shape index (κ3) is 4.92. The minimum atomic E-state index is -1.12. The molecule has 1 N–H and O–H groups in total. The van der Waals surface area contributed by atoms with E-state index in [-0.39, 0.29) is 6.42 Å². The average molecular weight is 355 g/mol. The van der Waals surface area contributed by atoms with Gasteiger partial charge in [0.1, 0.15) is 6.04 Å². The van der Waals surface area contributed by atoms with Gasteiger partial charge in [0, 0.05) is 0 Å². The summed E-state index contributed by atoms with van der Waals surface area (Å²) >= 11 is 0. The van der Waals surface area contributed by atoms with Gasteiger partial charge in [0.2, 0.25) is 5.91 Å². The molecule has 0 saturated heterocycles. The molecule has 2 aromatic rings. The van der Waals surface area contributed by atoms with Gasteiger partial charge in [-0.15, -0.1) is 0 Å². The number of carbonyl (C=O) groups excluding carboxylic acids is 3. The minimum absolute atomic E-state index is 0.300. The normalized spacial score (nSPS) is 11.5. The minimum Gasteiger partial charge on any atom is -0.469 e. The van der Waals surface area contributed by atoms with Gasteiger partial charge in [0.15, 0.2) is 0 Å². The Balaban J connectivity index is 2.30. The van der Waals surface area contributed by atoms with Gasteiger partial charge in [0.25, 0.3) is 0 Å². The van der Waals surface area contributed by atoms with Gasteiger partial charge in [-0.1, -0.05) is 60.7 Å². The maximum absolute atomic E-state index is 13.0. The zero-order valence-electron chi connectivity index (χ0n) is 14.7. The summed E-state index contributed by atoms with van der Waals surface area (Å²) in [4.78, 5) is 36.5. The molecule has 0 aromatic heterocycles. The van der Waals surface area contributed by atoms with Crippen LogP contribution in [-0.4, -0.2) is 38.1 Å². The fraction of sp³-hybridized carbons (Fsp3) is 0.250. The molecule has 0 bridgehead atoms. The first kappa shape index (κ1) is 19.2. The van der Waals surface area contributed by atoms with Gasteiger partial charge >= 0.3 is 11.9 Å². The van der Waals surface area contributed by atoms with E-state index < -0.39 is 29.8 Å². The number of hydrogen-bond donors (Lipinski definition) is 1. The van der Waals surface area contributed by atoms with E-state index in [4.69, 9.17) is 0 Å². The topological polar surface area (TPSA) is 81.7 Å². The second-order valence-electron chi connectivity index (χ2n) is 5.62. The molecular weight excluding hydrogens is 334 g/mol. The summed E-state index contributed by atoms with van der Waals surface area (Å²) in [6.45, 7) is 0. The van der Waals surface area contributed by atoms with E-state index in [1.807, 2.05) is 60.7 Å². The van der Waals surface area contributed by atoms with Crippen LogP contribution in [0.25, 0.3) is 0 Å². The fourth-order valence-corrected chi connectivity index (χ4v) is 2.63. The Bertz CT molecular complexity index is 706. The van der Waals surface area contributed by atoms with Crippen molar-refractivity contribution in [3.63, 3.8) is 0 Å². The molecule has 0 heterocycles. The van der Waals surface area contributed by atoms with Crippen molar-refractivity contribution < 1.29 is 23.9 Å². The Morgan fingerprint density at radius 1 is 0.846 bits per heavy atom. The van der Waals surface area contributed by atoms with Crippen LogP contribution in [0.4, 0.5) is 0 Å². The molecule has 0 saturated carbocycles. The molecule has 0 unspecified atom stereocenters. The number of benzene rings is 2. The molecular formula is C20H21NO5. The van der Waals surface area contributed by atoms with E-state index in [1.54, 1.807) is 0 Å². The Morgan fingerprint density at radius 3 is 1.77 bits per heavy atom.